The first-order valence-electron chi connectivity index (χ1n) is 7.85. The van der Waals surface area contributed by atoms with Gasteiger partial charge in [0, 0.05) is 32.3 Å². The van der Waals surface area contributed by atoms with Gasteiger partial charge in [0.05, 0.1) is 6.26 Å². The number of primary amides is 1. The molecule has 1 aliphatic rings. The van der Waals surface area contributed by atoms with E-state index in [-0.39, 0.29) is 28.6 Å². The minimum absolute atomic E-state index is 0.00106. The number of aromatic nitrogens is 1. The number of aryl methyl sites for hydroxylation is 1. The molecule has 3 heterocycles. The van der Waals surface area contributed by atoms with Crippen molar-refractivity contribution in [3.05, 3.63) is 42.1 Å². The van der Waals surface area contributed by atoms with Gasteiger partial charge < -0.3 is 14.7 Å². The molecule has 134 valence electrons. The van der Waals surface area contributed by atoms with Crippen molar-refractivity contribution >= 4 is 21.7 Å². The highest BCUT2D eigenvalue weighted by molar-refractivity contribution is 7.89. The quantitative estimate of drug-likeness (QED) is 0.771. The molecule has 3 rings (SSSR count). The molecule has 0 aliphatic carbocycles. The second-order valence-electron chi connectivity index (χ2n) is 6.05. The molecular formula is C16H19N3O5S. The van der Waals surface area contributed by atoms with E-state index >= 15 is 0 Å². The lowest BCUT2D eigenvalue weighted by Gasteiger charge is -2.22. The molecule has 1 saturated heterocycles. The average molecular weight is 365 g/mol. The van der Waals surface area contributed by atoms with Crippen LogP contribution in [0.2, 0.25) is 0 Å². The Bertz CT molecular complexity index is 898. The van der Waals surface area contributed by atoms with Crippen LogP contribution in [-0.2, 0) is 17.1 Å². The van der Waals surface area contributed by atoms with Gasteiger partial charge >= 0.3 is 0 Å². The van der Waals surface area contributed by atoms with E-state index in [2.05, 4.69) is 0 Å². The third kappa shape index (κ3) is 3.24. The molecular weight excluding hydrogens is 346 g/mol. The van der Waals surface area contributed by atoms with Crippen LogP contribution in [0.4, 0.5) is 0 Å². The summed E-state index contributed by atoms with van der Waals surface area (Å²) in [7, 11) is -2.26. The van der Waals surface area contributed by atoms with Gasteiger partial charge in [-0.25, -0.2) is 8.42 Å². The van der Waals surface area contributed by atoms with Crippen molar-refractivity contribution in [3.8, 4) is 0 Å². The Labute approximate surface area is 145 Å². The minimum Gasteiger partial charge on any atom is -0.461 e. The Morgan fingerprint density at radius 1 is 1.40 bits per heavy atom. The molecule has 25 heavy (non-hydrogen) atoms. The summed E-state index contributed by atoms with van der Waals surface area (Å²) in [5.74, 6) is -0.710. The topological polar surface area (TPSA) is 116 Å². The number of carbonyl (C=O) groups excluding carboxylic acids is 2. The zero-order valence-corrected chi connectivity index (χ0v) is 14.5. The van der Waals surface area contributed by atoms with E-state index in [9.17, 15) is 18.0 Å². The molecule has 2 N–H and O–H groups in total. The zero-order valence-electron chi connectivity index (χ0n) is 13.7. The molecule has 0 radical (unpaired) electrons. The van der Waals surface area contributed by atoms with Gasteiger partial charge in [-0.05, 0) is 31.0 Å². The first-order chi connectivity index (χ1) is 11.8. The maximum atomic E-state index is 12.9. The number of nitrogens with zero attached hydrogens (tertiary/aromatic N) is 2. The predicted molar refractivity (Wildman–Crippen MR) is 88.5 cm³/mol. The Balaban J connectivity index is 1.84. The van der Waals surface area contributed by atoms with Crippen molar-refractivity contribution in [1.82, 2.24) is 8.87 Å². The monoisotopic (exact) mass is 365 g/mol. The summed E-state index contributed by atoms with van der Waals surface area (Å²) in [6, 6.07) is 4.01. The van der Waals surface area contributed by atoms with Crippen LogP contribution in [0.3, 0.4) is 0 Å². The maximum Gasteiger partial charge on any atom is 0.265 e. The molecule has 0 aromatic carbocycles. The third-order valence-electron chi connectivity index (χ3n) is 4.38. The van der Waals surface area contributed by atoms with Crippen LogP contribution in [0.25, 0.3) is 0 Å². The number of furan rings is 1. The summed E-state index contributed by atoms with van der Waals surface area (Å²) in [5, 5.41) is 0. The van der Waals surface area contributed by atoms with Gasteiger partial charge in [-0.15, -0.1) is 0 Å². The van der Waals surface area contributed by atoms with Crippen LogP contribution in [-0.4, -0.2) is 41.6 Å². The fraction of sp³-hybridized carbons (Fsp3) is 0.375. The van der Waals surface area contributed by atoms with Crippen LogP contribution in [0, 0.1) is 0 Å². The standard InChI is InChI=1S/C16H19N3O5S/c1-18-10-12(9-13(18)16(17)21)25(22,23)19-6-2-4-11(19)8-14(20)15-5-3-7-24-15/h3,5,7,9-11H,2,4,6,8H2,1H3,(H2,17,21)/t11-/m0/s1. The van der Waals surface area contributed by atoms with E-state index < -0.39 is 22.0 Å². The number of sulfonamides is 1. The van der Waals surface area contributed by atoms with Crippen LogP contribution in [0.5, 0.6) is 0 Å². The van der Waals surface area contributed by atoms with Crippen LogP contribution < -0.4 is 5.73 Å². The van der Waals surface area contributed by atoms with Gasteiger partial charge in [-0.2, -0.15) is 4.31 Å². The SMILES string of the molecule is Cn1cc(S(=O)(=O)N2CCC[C@H]2CC(=O)c2ccco2)cc1C(N)=O. The number of carbonyl (C=O) groups is 2. The van der Waals surface area contributed by atoms with Gasteiger partial charge in [0.25, 0.3) is 5.91 Å². The first kappa shape index (κ1) is 17.4. The minimum atomic E-state index is -3.82. The molecule has 1 aliphatic heterocycles. The van der Waals surface area contributed by atoms with Gasteiger partial charge in [0.15, 0.2) is 11.5 Å². The van der Waals surface area contributed by atoms with Gasteiger partial charge in [-0.1, -0.05) is 0 Å². The Morgan fingerprint density at radius 3 is 2.76 bits per heavy atom. The van der Waals surface area contributed by atoms with Gasteiger partial charge in [-0.3, -0.25) is 9.59 Å². The van der Waals surface area contributed by atoms with Gasteiger partial charge in [0.2, 0.25) is 10.0 Å². The number of Topliss-reactive ketones (excluding diaryl/α,β-unsaturated/α-hetero) is 1. The summed E-state index contributed by atoms with van der Waals surface area (Å²) in [5.41, 5.74) is 5.36. The Hall–Kier alpha value is -2.39. The number of hydrogen-bond donors (Lipinski definition) is 1. The summed E-state index contributed by atoms with van der Waals surface area (Å²) >= 11 is 0. The van der Waals surface area contributed by atoms with Crippen molar-refractivity contribution in [2.24, 2.45) is 12.8 Å². The molecule has 0 bridgehead atoms. The number of rotatable bonds is 6. The van der Waals surface area contributed by atoms with E-state index in [1.165, 1.54) is 27.4 Å². The molecule has 8 nitrogen and oxygen atoms in total. The lowest BCUT2D eigenvalue weighted by molar-refractivity contribution is 0.0933. The normalized spacial score (nSPS) is 18.5. The van der Waals surface area contributed by atoms with Crippen molar-refractivity contribution in [2.45, 2.75) is 30.2 Å². The first-order valence-corrected chi connectivity index (χ1v) is 9.29. The fourth-order valence-corrected chi connectivity index (χ4v) is 4.90. The van der Waals surface area contributed by atoms with E-state index in [0.29, 0.717) is 19.4 Å². The number of hydrogen-bond acceptors (Lipinski definition) is 5. The molecule has 1 atom stereocenters. The summed E-state index contributed by atoms with van der Waals surface area (Å²) in [6.07, 6.45) is 4.10. The third-order valence-corrected chi connectivity index (χ3v) is 6.30. The van der Waals surface area contributed by atoms with E-state index in [0.717, 1.165) is 0 Å². The molecule has 0 saturated carbocycles. The molecule has 1 amide bonds. The summed E-state index contributed by atoms with van der Waals surface area (Å²) < 4.78 is 33.6. The number of amides is 1. The fourth-order valence-electron chi connectivity index (χ4n) is 3.14. The van der Waals surface area contributed by atoms with Crippen LogP contribution >= 0.6 is 0 Å². The maximum absolute atomic E-state index is 12.9. The largest absolute Gasteiger partial charge is 0.461 e. The average Bonchev–Trinajstić information content (AvgIpc) is 3.26. The highest BCUT2D eigenvalue weighted by Gasteiger charge is 2.37. The van der Waals surface area contributed by atoms with Crippen molar-refractivity contribution in [1.29, 1.82) is 0 Å². The van der Waals surface area contributed by atoms with Gasteiger partial charge in [0.1, 0.15) is 10.6 Å². The highest BCUT2D eigenvalue weighted by atomic mass is 32.2. The smallest absolute Gasteiger partial charge is 0.265 e. The van der Waals surface area contributed by atoms with E-state index in [1.54, 1.807) is 19.2 Å². The van der Waals surface area contributed by atoms with Crippen molar-refractivity contribution < 1.29 is 22.4 Å². The van der Waals surface area contributed by atoms with Crippen molar-refractivity contribution in [2.75, 3.05) is 6.54 Å². The van der Waals surface area contributed by atoms with Crippen molar-refractivity contribution in [3.63, 3.8) is 0 Å². The second kappa shape index (κ2) is 6.49. The number of ketones is 1. The highest BCUT2D eigenvalue weighted by Crippen LogP contribution is 2.29. The second-order valence-corrected chi connectivity index (χ2v) is 7.94. The molecule has 2 aromatic heterocycles. The molecule has 9 heteroatoms. The lowest BCUT2D eigenvalue weighted by Crippen LogP contribution is -2.36. The van der Waals surface area contributed by atoms with Crippen LogP contribution in [0.15, 0.2) is 40.0 Å². The summed E-state index contributed by atoms with van der Waals surface area (Å²) in [4.78, 5) is 23.6. The van der Waals surface area contributed by atoms with Crippen LogP contribution in [0.1, 0.15) is 40.3 Å². The Morgan fingerprint density at radius 2 is 2.16 bits per heavy atom. The molecule has 0 spiro atoms. The Kier molecular flexibility index (Phi) is 4.53. The molecule has 0 unspecified atom stereocenters. The number of nitrogens with two attached hydrogens (primary N) is 1. The van der Waals surface area contributed by atoms with E-state index in [1.807, 2.05) is 0 Å². The summed E-state index contributed by atoms with van der Waals surface area (Å²) in [6.45, 7) is 0.333. The lowest BCUT2D eigenvalue weighted by atomic mass is 10.1. The molecule has 2 aromatic rings. The van der Waals surface area contributed by atoms with E-state index in [4.69, 9.17) is 10.2 Å². The predicted octanol–water partition coefficient (Wildman–Crippen LogP) is 1.14. The zero-order chi connectivity index (χ0) is 18.2. The molecule has 1 fully saturated rings.